The van der Waals surface area contributed by atoms with Crippen LogP contribution in [0.3, 0.4) is 0 Å². The molecule has 2 fully saturated rings. The van der Waals surface area contributed by atoms with Crippen molar-refractivity contribution in [2.75, 3.05) is 4.90 Å². The number of nitrogens with one attached hydrogen (secondary N) is 1. The summed E-state index contributed by atoms with van der Waals surface area (Å²) in [7, 11) is 0. The number of furan rings is 1. The highest BCUT2D eigenvalue weighted by Gasteiger charge is 2.42. The number of anilines is 1. The van der Waals surface area contributed by atoms with Crippen molar-refractivity contribution < 1.29 is 9.15 Å². The van der Waals surface area contributed by atoms with Crippen LogP contribution in [-0.4, -0.2) is 16.2 Å². The third kappa shape index (κ3) is 3.67. The molecule has 0 spiro atoms. The predicted octanol–water partition coefficient (Wildman–Crippen LogP) is 5.48. The fourth-order valence-electron chi connectivity index (χ4n) is 4.42. The predicted molar refractivity (Wildman–Crippen MR) is 121 cm³/mol. The van der Waals surface area contributed by atoms with E-state index in [1.807, 2.05) is 55.6 Å². The Labute approximate surface area is 182 Å². The van der Waals surface area contributed by atoms with Crippen LogP contribution in [0.5, 0.6) is 5.75 Å². The van der Waals surface area contributed by atoms with Crippen LogP contribution >= 0.6 is 12.2 Å². The van der Waals surface area contributed by atoms with Gasteiger partial charge in [0.1, 0.15) is 23.3 Å². The lowest BCUT2D eigenvalue weighted by Crippen LogP contribution is -2.29. The molecule has 1 saturated carbocycles. The molecule has 2 aliphatic rings. The van der Waals surface area contributed by atoms with Gasteiger partial charge >= 0.3 is 0 Å². The van der Waals surface area contributed by atoms with Gasteiger partial charge in [-0.25, -0.2) is 0 Å². The minimum absolute atomic E-state index is 0.0985. The van der Waals surface area contributed by atoms with E-state index in [4.69, 9.17) is 21.4 Å². The zero-order valence-electron chi connectivity index (χ0n) is 17.0. The zero-order chi connectivity index (χ0) is 20.5. The van der Waals surface area contributed by atoms with Crippen molar-refractivity contribution in [2.24, 2.45) is 0 Å². The first kappa shape index (κ1) is 19.1. The van der Waals surface area contributed by atoms with Gasteiger partial charge in [-0.2, -0.15) is 0 Å². The minimum atomic E-state index is -0.122. The second kappa shape index (κ2) is 8.11. The molecule has 1 aromatic carbocycles. The lowest BCUT2D eigenvalue weighted by Gasteiger charge is -2.26. The van der Waals surface area contributed by atoms with Gasteiger partial charge in [-0.05, 0) is 93.4 Å². The lowest BCUT2D eigenvalue weighted by atomic mass is 10.0. The Bertz CT molecular complexity index is 1010. The first-order chi connectivity index (χ1) is 14.7. The molecule has 3 aromatic rings. The van der Waals surface area contributed by atoms with E-state index in [1.165, 1.54) is 12.8 Å². The maximum atomic E-state index is 6.13. The van der Waals surface area contributed by atoms with Gasteiger partial charge in [-0.1, -0.05) is 6.07 Å². The average molecular weight is 420 g/mol. The largest absolute Gasteiger partial charge is 0.490 e. The second-order valence-corrected chi connectivity index (χ2v) is 8.35. The number of hydrogen-bond donors (Lipinski definition) is 1. The molecule has 30 heavy (non-hydrogen) atoms. The summed E-state index contributed by atoms with van der Waals surface area (Å²) in [4.78, 5) is 6.68. The van der Waals surface area contributed by atoms with Crippen LogP contribution < -0.4 is 15.0 Å². The van der Waals surface area contributed by atoms with E-state index in [0.717, 1.165) is 41.5 Å². The number of ether oxygens (including phenoxy) is 1. The van der Waals surface area contributed by atoms with Crippen molar-refractivity contribution in [3.05, 3.63) is 78.0 Å². The monoisotopic (exact) mass is 419 g/mol. The molecule has 1 aliphatic heterocycles. The summed E-state index contributed by atoms with van der Waals surface area (Å²) in [5.41, 5.74) is 1.94. The molecule has 1 N–H and O–H groups in total. The van der Waals surface area contributed by atoms with Crippen molar-refractivity contribution >= 4 is 23.0 Å². The fourth-order valence-corrected chi connectivity index (χ4v) is 4.76. The number of hydrogen-bond acceptors (Lipinski definition) is 4. The van der Waals surface area contributed by atoms with Crippen molar-refractivity contribution in [2.45, 2.75) is 50.8 Å². The number of nitrogens with zero attached hydrogens (tertiary/aromatic N) is 2. The maximum Gasteiger partial charge on any atom is 0.174 e. The molecule has 2 aromatic heterocycles. The standard InChI is InChI=1S/C24H25N3O2S/c1-16-9-14-21(28-16)23-22(20-8-4-5-15-25-20)26-24(30)27(23)17-10-12-19(13-11-17)29-18-6-2-3-7-18/h4-5,8-15,18,22-23H,2-3,6-7H2,1H3,(H,26,30)/t22-,23+/m1/s1. The molecule has 154 valence electrons. The number of benzene rings is 1. The van der Waals surface area contributed by atoms with E-state index >= 15 is 0 Å². The summed E-state index contributed by atoms with van der Waals surface area (Å²) >= 11 is 5.75. The molecule has 6 heteroatoms. The van der Waals surface area contributed by atoms with Crippen molar-refractivity contribution in [1.82, 2.24) is 10.3 Å². The molecule has 1 saturated heterocycles. The number of aromatic nitrogens is 1. The maximum absolute atomic E-state index is 6.13. The Balaban J connectivity index is 1.46. The third-order valence-corrected chi connectivity index (χ3v) is 6.19. The topological polar surface area (TPSA) is 50.5 Å². The third-order valence-electron chi connectivity index (χ3n) is 5.87. The lowest BCUT2D eigenvalue weighted by molar-refractivity contribution is 0.210. The van der Waals surface area contributed by atoms with Gasteiger partial charge < -0.3 is 19.4 Å². The van der Waals surface area contributed by atoms with E-state index < -0.39 is 0 Å². The molecule has 0 amide bonds. The first-order valence-electron chi connectivity index (χ1n) is 10.5. The summed E-state index contributed by atoms with van der Waals surface area (Å²) < 4.78 is 12.2. The Morgan fingerprint density at radius 1 is 1.07 bits per heavy atom. The molecule has 0 unspecified atom stereocenters. The van der Waals surface area contributed by atoms with Crippen LogP contribution in [0.25, 0.3) is 0 Å². The van der Waals surface area contributed by atoms with Gasteiger partial charge in [0, 0.05) is 11.9 Å². The van der Waals surface area contributed by atoms with E-state index in [0.29, 0.717) is 11.2 Å². The number of rotatable bonds is 5. The second-order valence-electron chi connectivity index (χ2n) is 7.96. The number of pyridine rings is 1. The zero-order valence-corrected chi connectivity index (χ0v) is 17.8. The Morgan fingerprint density at radius 3 is 2.53 bits per heavy atom. The highest BCUT2D eigenvalue weighted by atomic mass is 32.1. The van der Waals surface area contributed by atoms with Crippen LogP contribution in [0.2, 0.25) is 0 Å². The minimum Gasteiger partial charge on any atom is -0.490 e. The van der Waals surface area contributed by atoms with Crippen LogP contribution in [-0.2, 0) is 0 Å². The SMILES string of the molecule is Cc1ccc([C@H]2[C@@H](c3ccccn3)NC(=S)N2c2ccc(OC3CCCC3)cc2)o1. The van der Waals surface area contributed by atoms with Gasteiger partial charge in [-0.3, -0.25) is 4.98 Å². The molecule has 2 atom stereocenters. The van der Waals surface area contributed by atoms with Crippen molar-refractivity contribution in [1.29, 1.82) is 0 Å². The van der Waals surface area contributed by atoms with Gasteiger partial charge in [0.2, 0.25) is 0 Å². The van der Waals surface area contributed by atoms with Crippen molar-refractivity contribution in [3.8, 4) is 5.75 Å². The average Bonchev–Trinajstić information content (AvgIpc) is 3.50. The van der Waals surface area contributed by atoms with Gasteiger partial charge in [0.15, 0.2) is 5.11 Å². The summed E-state index contributed by atoms with van der Waals surface area (Å²) in [5, 5.41) is 4.11. The summed E-state index contributed by atoms with van der Waals surface area (Å²) in [6.07, 6.45) is 6.96. The highest BCUT2D eigenvalue weighted by Crippen LogP contribution is 2.42. The summed E-state index contributed by atoms with van der Waals surface area (Å²) in [5.74, 6) is 2.65. The first-order valence-corrected chi connectivity index (χ1v) is 10.9. The fraction of sp³-hybridized carbons (Fsp3) is 0.333. The molecular formula is C24H25N3O2S. The number of thiocarbonyl (C=S) groups is 1. The Hall–Kier alpha value is -2.86. The molecule has 0 bridgehead atoms. The van der Waals surface area contributed by atoms with Gasteiger partial charge in [-0.15, -0.1) is 0 Å². The van der Waals surface area contributed by atoms with E-state index in [2.05, 4.69) is 27.3 Å². The van der Waals surface area contributed by atoms with Gasteiger partial charge in [0.25, 0.3) is 0 Å². The molecule has 0 radical (unpaired) electrons. The molecule has 5 nitrogen and oxygen atoms in total. The Kier molecular flexibility index (Phi) is 5.17. The van der Waals surface area contributed by atoms with E-state index in [-0.39, 0.29) is 12.1 Å². The van der Waals surface area contributed by atoms with Gasteiger partial charge in [0.05, 0.1) is 17.8 Å². The molecule has 5 rings (SSSR count). The van der Waals surface area contributed by atoms with Crippen LogP contribution in [0.15, 0.2) is 65.2 Å². The molecular weight excluding hydrogens is 394 g/mol. The quantitative estimate of drug-likeness (QED) is 0.553. The van der Waals surface area contributed by atoms with Crippen molar-refractivity contribution in [3.63, 3.8) is 0 Å². The smallest absolute Gasteiger partial charge is 0.174 e. The summed E-state index contributed by atoms with van der Waals surface area (Å²) in [6, 6.07) is 17.9. The summed E-state index contributed by atoms with van der Waals surface area (Å²) in [6.45, 7) is 1.96. The highest BCUT2D eigenvalue weighted by molar-refractivity contribution is 7.80. The molecule has 3 heterocycles. The normalized spacial score (nSPS) is 21.8. The number of aryl methyl sites for hydroxylation is 1. The van der Waals surface area contributed by atoms with Crippen LogP contribution in [0.4, 0.5) is 5.69 Å². The molecule has 1 aliphatic carbocycles. The van der Waals surface area contributed by atoms with E-state index in [1.54, 1.807) is 0 Å². The van der Waals surface area contributed by atoms with Crippen LogP contribution in [0, 0.1) is 6.92 Å². The Morgan fingerprint density at radius 2 is 1.87 bits per heavy atom. The van der Waals surface area contributed by atoms with E-state index in [9.17, 15) is 0 Å². The van der Waals surface area contributed by atoms with Crippen LogP contribution in [0.1, 0.15) is 55.0 Å².